The molecule has 2 aliphatic rings. The Kier molecular flexibility index (Phi) is 6.76. The Hall–Kier alpha value is -2.49. The SMILES string of the molecule is C=NC(=O)C1CCC2OCCC(NC(=O)CN(C)C(=O)OC(C)(C)C)C(=O)N21. The van der Waals surface area contributed by atoms with Gasteiger partial charge in [0, 0.05) is 13.5 Å². The van der Waals surface area contributed by atoms with E-state index < -0.39 is 47.7 Å². The van der Waals surface area contributed by atoms with Crippen LogP contribution >= 0.6 is 0 Å². The molecule has 4 amide bonds. The number of carbonyl (C=O) groups is 4. The second kappa shape index (κ2) is 8.68. The van der Waals surface area contributed by atoms with Gasteiger partial charge in [-0.3, -0.25) is 14.4 Å². The van der Waals surface area contributed by atoms with Crippen LogP contribution in [0.4, 0.5) is 4.79 Å². The van der Waals surface area contributed by atoms with Gasteiger partial charge in [0.1, 0.15) is 30.5 Å². The van der Waals surface area contributed by atoms with Gasteiger partial charge in [0.05, 0.1) is 6.61 Å². The quantitative estimate of drug-likeness (QED) is 0.683. The van der Waals surface area contributed by atoms with E-state index in [2.05, 4.69) is 17.0 Å². The lowest BCUT2D eigenvalue weighted by atomic mass is 10.1. The number of ether oxygens (including phenoxy) is 2. The number of hydrogen-bond acceptors (Lipinski definition) is 6. The van der Waals surface area contributed by atoms with Crippen molar-refractivity contribution in [2.45, 2.75) is 63.9 Å². The fourth-order valence-electron chi connectivity index (χ4n) is 3.21. The second-order valence-electron chi connectivity index (χ2n) is 7.91. The zero-order valence-electron chi connectivity index (χ0n) is 16.8. The Balaban J connectivity index is 2.00. The lowest BCUT2D eigenvalue weighted by Gasteiger charge is -2.29. The van der Waals surface area contributed by atoms with E-state index in [0.29, 0.717) is 12.8 Å². The van der Waals surface area contributed by atoms with Gasteiger partial charge in [0.25, 0.3) is 5.91 Å². The molecular weight excluding hydrogens is 368 g/mol. The molecule has 10 heteroatoms. The van der Waals surface area contributed by atoms with Gasteiger partial charge in [-0.25, -0.2) is 9.79 Å². The predicted octanol–water partition coefficient (Wildman–Crippen LogP) is 0.303. The number of rotatable bonds is 4. The average molecular weight is 396 g/mol. The molecular formula is C18H28N4O6. The standard InChI is InChI=1S/C18H28N4O6/c1-18(2,3)28-17(26)21(5)10-13(23)20-11-8-9-27-14-7-6-12(15(24)19-4)22(14)16(11)25/h11-12,14H,4,6-10H2,1-3,5H3,(H,20,23). The van der Waals surface area contributed by atoms with E-state index in [1.807, 2.05) is 0 Å². The highest BCUT2D eigenvalue weighted by Gasteiger charge is 2.45. The van der Waals surface area contributed by atoms with Crippen molar-refractivity contribution in [1.29, 1.82) is 0 Å². The number of hydrogen-bond donors (Lipinski definition) is 1. The Bertz CT molecular complexity index is 659. The number of fused-ring (bicyclic) bond motifs is 1. The fourth-order valence-corrected chi connectivity index (χ4v) is 3.21. The lowest BCUT2D eigenvalue weighted by Crippen LogP contribution is -2.54. The Labute approximate surface area is 164 Å². The summed E-state index contributed by atoms with van der Waals surface area (Å²) in [6.45, 7) is 8.42. The number of aliphatic imine (C=N–C) groups is 1. The summed E-state index contributed by atoms with van der Waals surface area (Å²) >= 11 is 0. The van der Waals surface area contributed by atoms with Crippen LogP contribution in [0.2, 0.25) is 0 Å². The molecule has 2 saturated heterocycles. The van der Waals surface area contributed by atoms with Crippen LogP contribution in [0.15, 0.2) is 4.99 Å². The van der Waals surface area contributed by atoms with Crippen LogP contribution < -0.4 is 5.32 Å². The van der Waals surface area contributed by atoms with Gasteiger partial charge in [-0.05, 0) is 40.3 Å². The molecule has 3 atom stereocenters. The smallest absolute Gasteiger partial charge is 0.410 e. The normalized spacial score (nSPS) is 24.8. The summed E-state index contributed by atoms with van der Waals surface area (Å²) in [6.07, 6.45) is 0.0988. The third-order valence-electron chi connectivity index (χ3n) is 4.46. The predicted molar refractivity (Wildman–Crippen MR) is 99.6 cm³/mol. The molecule has 0 aromatic rings. The molecule has 156 valence electrons. The number of nitrogens with zero attached hydrogens (tertiary/aromatic N) is 3. The Morgan fingerprint density at radius 2 is 2.00 bits per heavy atom. The molecule has 1 N–H and O–H groups in total. The maximum atomic E-state index is 12.9. The first-order valence-corrected chi connectivity index (χ1v) is 9.21. The first-order valence-electron chi connectivity index (χ1n) is 9.21. The van der Waals surface area contributed by atoms with E-state index in [1.165, 1.54) is 11.9 Å². The first kappa shape index (κ1) is 21.8. The van der Waals surface area contributed by atoms with E-state index >= 15 is 0 Å². The van der Waals surface area contributed by atoms with Crippen molar-refractivity contribution in [2.75, 3.05) is 20.2 Å². The highest BCUT2D eigenvalue weighted by molar-refractivity contribution is 5.94. The Morgan fingerprint density at radius 1 is 1.32 bits per heavy atom. The summed E-state index contributed by atoms with van der Waals surface area (Å²) in [5, 5.41) is 2.63. The van der Waals surface area contributed by atoms with Crippen molar-refractivity contribution >= 4 is 30.5 Å². The van der Waals surface area contributed by atoms with Crippen molar-refractivity contribution in [1.82, 2.24) is 15.1 Å². The summed E-state index contributed by atoms with van der Waals surface area (Å²) in [5.41, 5.74) is -0.679. The highest BCUT2D eigenvalue weighted by Crippen LogP contribution is 2.29. The monoisotopic (exact) mass is 396 g/mol. The number of likely N-dealkylation sites (N-methyl/N-ethyl adjacent to an activating group) is 1. The molecule has 0 aromatic heterocycles. The first-order chi connectivity index (χ1) is 13.0. The van der Waals surface area contributed by atoms with Gasteiger partial charge in [0.2, 0.25) is 11.8 Å². The van der Waals surface area contributed by atoms with Crippen LogP contribution in [0.5, 0.6) is 0 Å². The minimum atomic E-state index is -0.845. The Morgan fingerprint density at radius 3 is 2.61 bits per heavy atom. The third-order valence-corrected chi connectivity index (χ3v) is 4.46. The van der Waals surface area contributed by atoms with Crippen LogP contribution in [0.1, 0.15) is 40.0 Å². The van der Waals surface area contributed by atoms with E-state index in [9.17, 15) is 19.2 Å². The molecule has 2 heterocycles. The molecule has 0 aromatic carbocycles. The van der Waals surface area contributed by atoms with E-state index in [1.54, 1.807) is 20.8 Å². The second-order valence-corrected chi connectivity index (χ2v) is 7.91. The number of carbonyl (C=O) groups excluding carboxylic acids is 4. The molecule has 2 rings (SSSR count). The van der Waals surface area contributed by atoms with Crippen molar-refractivity contribution in [2.24, 2.45) is 4.99 Å². The molecule has 0 bridgehead atoms. The van der Waals surface area contributed by atoms with Gasteiger partial charge < -0.3 is 24.6 Å². The molecule has 3 unspecified atom stereocenters. The highest BCUT2D eigenvalue weighted by atomic mass is 16.6. The fraction of sp³-hybridized carbons (Fsp3) is 0.722. The third kappa shape index (κ3) is 5.28. The van der Waals surface area contributed by atoms with E-state index in [-0.39, 0.29) is 19.6 Å². The van der Waals surface area contributed by atoms with Gasteiger partial charge in [-0.15, -0.1) is 0 Å². The van der Waals surface area contributed by atoms with Crippen LogP contribution in [-0.2, 0) is 23.9 Å². The number of amides is 4. The summed E-state index contributed by atoms with van der Waals surface area (Å²) in [5.74, 6) is -1.39. The van der Waals surface area contributed by atoms with Gasteiger partial charge in [-0.2, -0.15) is 0 Å². The van der Waals surface area contributed by atoms with Gasteiger partial charge in [0.15, 0.2) is 0 Å². The van der Waals surface area contributed by atoms with E-state index in [4.69, 9.17) is 9.47 Å². The van der Waals surface area contributed by atoms with Crippen LogP contribution in [0.25, 0.3) is 0 Å². The summed E-state index contributed by atoms with van der Waals surface area (Å²) in [4.78, 5) is 55.1. The molecule has 0 radical (unpaired) electrons. The van der Waals surface area contributed by atoms with Gasteiger partial charge in [-0.1, -0.05) is 0 Å². The molecule has 0 spiro atoms. The lowest BCUT2D eigenvalue weighted by molar-refractivity contribution is -0.147. The van der Waals surface area contributed by atoms with Crippen molar-refractivity contribution < 1.29 is 28.7 Å². The summed E-state index contributed by atoms with van der Waals surface area (Å²) in [7, 11) is 1.44. The molecule has 28 heavy (non-hydrogen) atoms. The average Bonchev–Trinajstić information content (AvgIpc) is 2.95. The van der Waals surface area contributed by atoms with Crippen molar-refractivity contribution in [3.63, 3.8) is 0 Å². The molecule has 10 nitrogen and oxygen atoms in total. The van der Waals surface area contributed by atoms with Crippen LogP contribution in [-0.4, -0.2) is 84.4 Å². The van der Waals surface area contributed by atoms with Crippen molar-refractivity contribution in [3.8, 4) is 0 Å². The molecule has 0 saturated carbocycles. The summed E-state index contributed by atoms with van der Waals surface area (Å²) in [6, 6.07) is -1.57. The molecule has 2 fully saturated rings. The van der Waals surface area contributed by atoms with Gasteiger partial charge >= 0.3 is 6.09 Å². The van der Waals surface area contributed by atoms with Crippen molar-refractivity contribution in [3.05, 3.63) is 0 Å². The topological polar surface area (TPSA) is 118 Å². The van der Waals surface area contributed by atoms with Crippen LogP contribution in [0.3, 0.4) is 0 Å². The summed E-state index contributed by atoms with van der Waals surface area (Å²) < 4.78 is 10.9. The maximum absolute atomic E-state index is 12.9. The minimum absolute atomic E-state index is 0.264. The largest absolute Gasteiger partial charge is 0.444 e. The number of nitrogens with one attached hydrogen (secondary N) is 1. The minimum Gasteiger partial charge on any atom is -0.444 e. The maximum Gasteiger partial charge on any atom is 0.410 e. The van der Waals surface area contributed by atoms with Crippen LogP contribution in [0, 0.1) is 0 Å². The van der Waals surface area contributed by atoms with E-state index in [0.717, 1.165) is 4.90 Å². The molecule has 0 aliphatic carbocycles. The zero-order valence-corrected chi connectivity index (χ0v) is 16.8. The zero-order chi connectivity index (χ0) is 21.1. The molecule has 2 aliphatic heterocycles.